The van der Waals surface area contributed by atoms with E-state index >= 15 is 0 Å². The summed E-state index contributed by atoms with van der Waals surface area (Å²) >= 11 is 1.49. The van der Waals surface area contributed by atoms with Crippen molar-refractivity contribution in [3.05, 3.63) is 59.2 Å². The van der Waals surface area contributed by atoms with Crippen molar-refractivity contribution in [2.24, 2.45) is 0 Å². The van der Waals surface area contributed by atoms with Crippen LogP contribution in [0.15, 0.2) is 41.6 Å². The Morgan fingerprint density at radius 3 is 2.52 bits per heavy atom. The second-order valence-corrected chi connectivity index (χ2v) is 8.25. The minimum atomic E-state index is -0.156. The molecule has 8 heteroatoms. The normalized spacial score (nSPS) is 14.3. The molecule has 29 heavy (non-hydrogen) atoms. The van der Waals surface area contributed by atoms with Crippen LogP contribution in [0, 0.1) is 13.8 Å². The third kappa shape index (κ3) is 4.64. The highest BCUT2D eigenvalue weighted by atomic mass is 32.2. The van der Waals surface area contributed by atoms with E-state index in [-0.39, 0.29) is 11.9 Å². The van der Waals surface area contributed by atoms with Crippen LogP contribution >= 0.6 is 11.8 Å². The molecule has 1 amide bonds. The molecule has 1 saturated carbocycles. The zero-order valence-electron chi connectivity index (χ0n) is 16.6. The molecule has 1 aromatic carbocycles. The molecule has 0 saturated heterocycles. The minimum Gasteiger partial charge on any atom is -0.348 e. The average molecular weight is 409 g/mol. The van der Waals surface area contributed by atoms with Crippen LogP contribution in [0.25, 0.3) is 5.69 Å². The number of aryl methyl sites for hydroxylation is 2. The Bertz CT molecular complexity index is 977. The molecule has 0 spiro atoms. The number of para-hydroxylation sites is 1. The van der Waals surface area contributed by atoms with Crippen molar-refractivity contribution in [2.45, 2.75) is 56.5 Å². The monoisotopic (exact) mass is 408 g/mol. The van der Waals surface area contributed by atoms with E-state index in [1.54, 1.807) is 4.68 Å². The van der Waals surface area contributed by atoms with Gasteiger partial charge in [-0.25, -0.2) is 14.6 Å². The molecule has 0 unspecified atom stereocenters. The number of benzene rings is 1. The van der Waals surface area contributed by atoms with Crippen LogP contribution in [0.1, 0.15) is 53.3 Å². The van der Waals surface area contributed by atoms with Gasteiger partial charge in [0.05, 0.1) is 11.4 Å². The predicted molar refractivity (Wildman–Crippen MR) is 112 cm³/mol. The number of carbonyl (C=O) groups is 1. The van der Waals surface area contributed by atoms with Crippen LogP contribution in [0.2, 0.25) is 0 Å². The van der Waals surface area contributed by atoms with Crippen LogP contribution in [0.5, 0.6) is 0 Å². The first-order valence-electron chi connectivity index (χ1n) is 9.86. The van der Waals surface area contributed by atoms with Gasteiger partial charge in [0, 0.05) is 23.2 Å². The van der Waals surface area contributed by atoms with Crippen molar-refractivity contribution in [1.82, 2.24) is 30.3 Å². The zero-order chi connectivity index (χ0) is 20.2. The molecule has 0 radical (unpaired) electrons. The number of nitrogens with one attached hydrogen (secondary N) is 1. The summed E-state index contributed by atoms with van der Waals surface area (Å²) in [7, 11) is 0. The molecule has 0 aliphatic heterocycles. The fourth-order valence-electron chi connectivity index (χ4n) is 3.60. The van der Waals surface area contributed by atoms with E-state index < -0.39 is 0 Å². The lowest BCUT2D eigenvalue weighted by atomic mass is 10.2. The molecule has 1 aliphatic rings. The van der Waals surface area contributed by atoms with Crippen molar-refractivity contribution in [3.63, 3.8) is 0 Å². The molecule has 1 fully saturated rings. The van der Waals surface area contributed by atoms with Gasteiger partial charge >= 0.3 is 0 Å². The second kappa shape index (κ2) is 8.73. The fraction of sp³-hybridized carbons (Fsp3) is 0.381. The van der Waals surface area contributed by atoms with Gasteiger partial charge in [0.1, 0.15) is 0 Å². The predicted octanol–water partition coefficient (Wildman–Crippen LogP) is 3.64. The lowest BCUT2D eigenvalue weighted by molar-refractivity contribution is 0.0932. The summed E-state index contributed by atoms with van der Waals surface area (Å²) in [4.78, 5) is 21.9. The maximum absolute atomic E-state index is 12.9. The maximum Gasteiger partial charge on any atom is 0.274 e. The summed E-state index contributed by atoms with van der Waals surface area (Å²) in [5, 5.41) is 12.3. The van der Waals surface area contributed by atoms with Gasteiger partial charge in [-0.2, -0.15) is 0 Å². The highest BCUT2D eigenvalue weighted by Crippen LogP contribution is 2.24. The van der Waals surface area contributed by atoms with Crippen molar-refractivity contribution >= 4 is 17.7 Å². The van der Waals surface area contributed by atoms with Crippen LogP contribution in [-0.2, 0) is 5.75 Å². The topological polar surface area (TPSA) is 85.6 Å². The van der Waals surface area contributed by atoms with E-state index in [9.17, 15) is 4.79 Å². The molecule has 3 aromatic rings. The largest absolute Gasteiger partial charge is 0.348 e. The molecule has 0 bridgehead atoms. The summed E-state index contributed by atoms with van der Waals surface area (Å²) in [5.74, 6) is 0.342. The lowest BCUT2D eigenvalue weighted by Gasteiger charge is -2.12. The molecule has 0 atom stereocenters. The Kier molecular flexibility index (Phi) is 5.89. The molecular formula is C21H24N6OS. The van der Waals surface area contributed by atoms with Crippen LogP contribution in [-0.4, -0.2) is 36.9 Å². The molecule has 1 aliphatic carbocycles. The number of amides is 1. The molecular weight excluding hydrogens is 384 g/mol. The summed E-state index contributed by atoms with van der Waals surface area (Å²) in [5.41, 5.74) is 3.84. The van der Waals surface area contributed by atoms with Crippen LogP contribution in [0.4, 0.5) is 0 Å². The molecule has 1 N–H and O–H groups in total. The Morgan fingerprint density at radius 1 is 1.14 bits per heavy atom. The average Bonchev–Trinajstić information content (AvgIpc) is 3.36. The number of hydrogen-bond acceptors (Lipinski definition) is 6. The molecule has 2 heterocycles. The van der Waals surface area contributed by atoms with Crippen molar-refractivity contribution in [2.75, 3.05) is 0 Å². The Hall–Kier alpha value is -2.74. The fourth-order valence-corrected chi connectivity index (χ4v) is 4.54. The number of rotatable bonds is 6. The van der Waals surface area contributed by atoms with Gasteiger partial charge in [-0.15, -0.1) is 5.10 Å². The van der Waals surface area contributed by atoms with Crippen molar-refractivity contribution in [1.29, 1.82) is 0 Å². The Morgan fingerprint density at radius 2 is 1.83 bits per heavy atom. The number of carbonyl (C=O) groups excluding carboxylic acids is 1. The van der Waals surface area contributed by atoms with E-state index in [0.717, 1.165) is 48.5 Å². The van der Waals surface area contributed by atoms with Gasteiger partial charge in [0.25, 0.3) is 5.91 Å². The summed E-state index contributed by atoms with van der Waals surface area (Å²) in [6.45, 7) is 3.91. The first-order chi connectivity index (χ1) is 14.1. The summed E-state index contributed by atoms with van der Waals surface area (Å²) in [6.07, 6.45) is 4.38. The summed E-state index contributed by atoms with van der Waals surface area (Å²) in [6, 6.07) is 11.9. The van der Waals surface area contributed by atoms with Crippen LogP contribution in [0.3, 0.4) is 0 Å². The molecule has 4 rings (SSSR count). The number of nitrogens with zero attached hydrogens (tertiary/aromatic N) is 5. The first-order valence-corrected chi connectivity index (χ1v) is 10.8. The zero-order valence-corrected chi connectivity index (χ0v) is 17.4. The van der Waals surface area contributed by atoms with Gasteiger partial charge in [-0.3, -0.25) is 4.79 Å². The SMILES string of the molecule is Cc1cc(C)nc(SCc2c(C(=O)NC3CCCC3)nnn2-c2ccccc2)n1. The molecule has 2 aromatic heterocycles. The van der Waals surface area contributed by atoms with Gasteiger partial charge in [-0.05, 0) is 44.9 Å². The number of thioether (sulfide) groups is 1. The van der Waals surface area contributed by atoms with Gasteiger partial charge in [-0.1, -0.05) is 48.0 Å². The second-order valence-electron chi connectivity index (χ2n) is 7.31. The number of hydrogen-bond donors (Lipinski definition) is 1. The van der Waals surface area contributed by atoms with E-state index in [4.69, 9.17) is 0 Å². The van der Waals surface area contributed by atoms with E-state index in [2.05, 4.69) is 25.6 Å². The van der Waals surface area contributed by atoms with Crippen molar-refractivity contribution < 1.29 is 4.79 Å². The third-order valence-electron chi connectivity index (χ3n) is 4.97. The van der Waals surface area contributed by atoms with E-state index in [0.29, 0.717) is 16.6 Å². The third-order valence-corrected chi connectivity index (χ3v) is 5.83. The van der Waals surface area contributed by atoms with Gasteiger partial charge < -0.3 is 5.32 Å². The standard InChI is InChI=1S/C21H24N6OS/c1-14-12-15(2)23-21(22-14)29-13-18-19(20(28)24-16-8-6-7-9-16)25-26-27(18)17-10-4-3-5-11-17/h3-5,10-12,16H,6-9,13H2,1-2H3,(H,24,28). The quantitative estimate of drug-likeness (QED) is 0.495. The molecule has 7 nitrogen and oxygen atoms in total. The minimum absolute atomic E-state index is 0.156. The van der Waals surface area contributed by atoms with Gasteiger partial charge in [0.15, 0.2) is 10.9 Å². The van der Waals surface area contributed by atoms with Gasteiger partial charge in [0.2, 0.25) is 0 Å². The first kappa shape index (κ1) is 19.6. The van der Waals surface area contributed by atoms with E-state index in [1.165, 1.54) is 11.8 Å². The van der Waals surface area contributed by atoms with Crippen molar-refractivity contribution in [3.8, 4) is 5.69 Å². The number of aromatic nitrogens is 5. The van der Waals surface area contributed by atoms with E-state index in [1.807, 2.05) is 50.2 Å². The molecule has 150 valence electrons. The Labute approximate surface area is 174 Å². The summed E-state index contributed by atoms with van der Waals surface area (Å²) < 4.78 is 1.74. The lowest BCUT2D eigenvalue weighted by Crippen LogP contribution is -2.33. The smallest absolute Gasteiger partial charge is 0.274 e. The Balaban J connectivity index is 1.62. The highest BCUT2D eigenvalue weighted by Gasteiger charge is 2.24. The van der Waals surface area contributed by atoms with Crippen LogP contribution < -0.4 is 5.32 Å². The highest BCUT2D eigenvalue weighted by molar-refractivity contribution is 7.98. The maximum atomic E-state index is 12.9.